The van der Waals surface area contributed by atoms with Crippen LogP contribution in [0.15, 0.2) is 24.4 Å². The monoisotopic (exact) mass is 633 g/mol. The van der Waals surface area contributed by atoms with Gasteiger partial charge in [0.1, 0.15) is 17.5 Å². The van der Waals surface area contributed by atoms with Gasteiger partial charge in [0.15, 0.2) is 5.82 Å². The smallest absolute Gasteiger partial charge is 0.251 e. The number of fused-ring (bicyclic) bond motifs is 1. The van der Waals surface area contributed by atoms with Crippen LogP contribution in [0.1, 0.15) is 62.2 Å². The number of hydrogen-bond acceptors (Lipinski definition) is 10. The highest BCUT2D eigenvalue weighted by atomic mass is 16.5. The molecule has 3 N–H and O–H groups in total. The van der Waals surface area contributed by atoms with Gasteiger partial charge in [-0.2, -0.15) is 4.98 Å². The molecule has 4 heterocycles. The fraction of sp³-hybridized carbons (Fsp3) is 0.647. The summed E-state index contributed by atoms with van der Waals surface area (Å²) in [6.45, 7) is 11.3. The number of nitrogens with zero attached hydrogens (tertiary/aromatic N) is 6. The SMILES string of the molecule is CC[C@@H]1C(=O)N(C)c2cnc(Nc3ccc(C(=O)NCCN4CCN(CC5CCNCC5)CC4)cc3OC)nc2N1C1CCCC1. The minimum absolute atomic E-state index is 0.0901. The van der Waals surface area contributed by atoms with Gasteiger partial charge in [-0.15, -0.1) is 0 Å². The molecule has 4 aliphatic rings. The van der Waals surface area contributed by atoms with E-state index in [1.165, 1.54) is 32.2 Å². The molecule has 0 unspecified atom stereocenters. The van der Waals surface area contributed by atoms with Crippen molar-refractivity contribution in [3.63, 3.8) is 0 Å². The van der Waals surface area contributed by atoms with E-state index in [1.54, 1.807) is 37.4 Å². The van der Waals surface area contributed by atoms with Crippen molar-refractivity contribution in [3.8, 4) is 5.75 Å². The highest BCUT2D eigenvalue weighted by Crippen LogP contribution is 2.40. The molecule has 0 spiro atoms. The molecule has 1 aromatic carbocycles. The topological polar surface area (TPSA) is 118 Å². The zero-order chi connectivity index (χ0) is 32.0. The molecule has 12 nitrogen and oxygen atoms in total. The second kappa shape index (κ2) is 15.0. The number of nitrogens with one attached hydrogen (secondary N) is 3. The van der Waals surface area contributed by atoms with Crippen molar-refractivity contribution in [2.75, 3.05) is 88.2 Å². The van der Waals surface area contributed by atoms with E-state index < -0.39 is 0 Å². The van der Waals surface area contributed by atoms with Crippen LogP contribution in [0, 0.1) is 5.92 Å². The first-order chi connectivity index (χ1) is 22.4. The molecule has 3 fully saturated rings. The summed E-state index contributed by atoms with van der Waals surface area (Å²) >= 11 is 0. The Morgan fingerprint density at radius 3 is 2.52 bits per heavy atom. The summed E-state index contributed by atoms with van der Waals surface area (Å²) in [5, 5.41) is 9.85. The van der Waals surface area contributed by atoms with Gasteiger partial charge in [0.25, 0.3) is 5.91 Å². The minimum atomic E-state index is -0.232. The predicted molar refractivity (Wildman–Crippen MR) is 181 cm³/mol. The van der Waals surface area contributed by atoms with E-state index in [1.807, 2.05) is 6.07 Å². The lowest BCUT2D eigenvalue weighted by atomic mass is 9.97. The first-order valence-corrected chi connectivity index (χ1v) is 17.3. The van der Waals surface area contributed by atoms with Gasteiger partial charge >= 0.3 is 0 Å². The number of rotatable bonds is 11. The minimum Gasteiger partial charge on any atom is -0.495 e. The lowest BCUT2D eigenvalue weighted by Gasteiger charge is -2.43. The highest BCUT2D eigenvalue weighted by Gasteiger charge is 2.41. The molecule has 0 radical (unpaired) electrons. The van der Waals surface area contributed by atoms with Gasteiger partial charge in [-0.3, -0.25) is 14.5 Å². The van der Waals surface area contributed by atoms with E-state index in [4.69, 9.17) is 9.72 Å². The zero-order valence-corrected chi connectivity index (χ0v) is 27.8. The number of methoxy groups -OCH3 is 1. The van der Waals surface area contributed by atoms with Gasteiger partial charge in [-0.25, -0.2) is 4.98 Å². The standard InChI is InChI=1S/C34H51N9O3/c1-4-28-33(45)40(2)29-22-37-34(39-31(29)43(28)26-7-5-6-8-26)38-27-10-9-25(21-30(27)46-3)32(44)36-15-16-41-17-19-42(20-18-41)23-24-11-13-35-14-12-24/h9-10,21-22,24,26,28,35H,4-8,11-20,23H2,1-3H3,(H,36,44)(H,37,38,39)/t28-/m1/s1. The van der Waals surface area contributed by atoms with Crippen LogP contribution in [0.3, 0.4) is 0 Å². The lowest BCUT2D eigenvalue weighted by molar-refractivity contribution is -0.120. The summed E-state index contributed by atoms with van der Waals surface area (Å²) in [6.07, 6.45) is 9.47. The third kappa shape index (κ3) is 7.24. The number of ether oxygens (including phenoxy) is 1. The summed E-state index contributed by atoms with van der Waals surface area (Å²) in [5.41, 5.74) is 1.94. The fourth-order valence-electron chi connectivity index (χ4n) is 7.55. The second-order valence-electron chi connectivity index (χ2n) is 13.2. The van der Waals surface area contributed by atoms with Gasteiger partial charge in [-0.05, 0) is 69.3 Å². The number of anilines is 4. The van der Waals surface area contributed by atoms with Crippen LogP contribution < -0.4 is 30.5 Å². The number of amides is 2. The van der Waals surface area contributed by atoms with Crippen molar-refractivity contribution in [1.82, 2.24) is 30.4 Å². The van der Waals surface area contributed by atoms with Crippen LogP contribution in [0.4, 0.5) is 23.1 Å². The number of carbonyl (C=O) groups is 2. The molecular formula is C34H51N9O3. The number of hydrogen-bond donors (Lipinski definition) is 3. The summed E-state index contributed by atoms with van der Waals surface area (Å²) in [7, 11) is 3.39. The lowest BCUT2D eigenvalue weighted by Crippen LogP contribution is -2.55. The molecule has 2 saturated heterocycles. The maximum atomic E-state index is 13.2. The number of piperidine rings is 1. The van der Waals surface area contributed by atoms with Crippen molar-refractivity contribution in [2.45, 2.75) is 64.0 Å². The van der Waals surface area contributed by atoms with E-state index in [2.05, 4.69) is 42.6 Å². The van der Waals surface area contributed by atoms with Gasteiger partial charge in [-0.1, -0.05) is 19.8 Å². The van der Waals surface area contributed by atoms with Crippen molar-refractivity contribution in [1.29, 1.82) is 0 Å². The summed E-state index contributed by atoms with van der Waals surface area (Å²) in [4.78, 5) is 44.7. The molecule has 6 rings (SSSR count). The first kappa shape index (κ1) is 32.5. The first-order valence-electron chi connectivity index (χ1n) is 17.3. The molecule has 250 valence electrons. The Kier molecular flexibility index (Phi) is 10.6. The molecule has 1 saturated carbocycles. The quantitative estimate of drug-likeness (QED) is 0.341. The van der Waals surface area contributed by atoms with Gasteiger partial charge < -0.3 is 35.4 Å². The predicted octanol–water partition coefficient (Wildman–Crippen LogP) is 3.08. The van der Waals surface area contributed by atoms with Crippen LogP contribution in [0.5, 0.6) is 5.75 Å². The van der Waals surface area contributed by atoms with Gasteiger partial charge in [0.05, 0.1) is 19.0 Å². The van der Waals surface area contributed by atoms with Crippen LogP contribution in [0.25, 0.3) is 0 Å². The van der Waals surface area contributed by atoms with Gasteiger partial charge in [0.2, 0.25) is 11.9 Å². The number of carbonyl (C=O) groups excluding carboxylic acids is 2. The number of aromatic nitrogens is 2. The Balaban J connectivity index is 1.05. The number of piperazine rings is 1. The Bertz CT molecular complexity index is 1350. The van der Waals surface area contributed by atoms with E-state index in [0.717, 1.165) is 82.5 Å². The summed E-state index contributed by atoms with van der Waals surface area (Å²) < 4.78 is 5.68. The van der Waals surface area contributed by atoms with E-state index in [-0.39, 0.29) is 17.9 Å². The van der Waals surface area contributed by atoms with Crippen molar-refractivity contribution in [2.24, 2.45) is 5.92 Å². The maximum absolute atomic E-state index is 13.2. The van der Waals surface area contributed by atoms with E-state index in [0.29, 0.717) is 35.5 Å². The van der Waals surface area contributed by atoms with E-state index in [9.17, 15) is 9.59 Å². The average molecular weight is 634 g/mol. The number of likely N-dealkylation sites (N-methyl/N-ethyl adjacent to an activating group) is 1. The molecule has 0 bridgehead atoms. The van der Waals surface area contributed by atoms with Crippen LogP contribution in [0.2, 0.25) is 0 Å². The van der Waals surface area contributed by atoms with Gasteiger partial charge in [0, 0.05) is 64.5 Å². The maximum Gasteiger partial charge on any atom is 0.251 e. The van der Waals surface area contributed by atoms with E-state index >= 15 is 0 Å². The second-order valence-corrected chi connectivity index (χ2v) is 13.2. The summed E-state index contributed by atoms with van der Waals surface area (Å²) in [6, 6.07) is 5.44. The largest absolute Gasteiger partial charge is 0.495 e. The third-order valence-electron chi connectivity index (χ3n) is 10.3. The van der Waals surface area contributed by atoms with Crippen LogP contribution >= 0.6 is 0 Å². The van der Waals surface area contributed by atoms with Crippen LogP contribution in [-0.4, -0.2) is 117 Å². The molecule has 3 aliphatic heterocycles. The Morgan fingerprint density at radius 2 is 1.80 bits per heavy atom. The summed E-state index contributed by atoms with van der Waals surface area (Å²) in [5.74, 6) is 2.54. The Labute approximate surface area is 273 Å². The Hall–Kier alpha value is -3.48. The van der Waals surface area contributed by atoms with Crippen molar-refractivity contribution in [3.05, 3.63) is 30.0 Å². The van der Waals surface area contributed by atoms with Crippen LogP contribution in [-0.2, 0) is 4.79 Å². The average Bonchev–Trinajstić information content (AvgIpc) is 3.62. The third-order valence-corrected chi connectivity index (χ3v) is 10.3. The molecule has 2 amide bonds. The van der Waals surface area contributed by atoms with Crippen molar-refractivity contribution < 1.29 is 14.3 Å². The zero-order valence-electron chi connectivity index (χ0n) is 27.8. The normalized spacial score (nSPS) is 21.8. The molecule has 12 heteroatoms. The fourth-order valence-corrected chi connectivity index (χ4v) is 7.55. The highest BCUT2D eigenvalue weighted by molar-refractivity contribution is 6.04. The molecule has 1 atom stereocenters. The molecule has 1 aliphatic carbocycles. The number of benzene rings is 1. The Morgan fingerprint density at radius 1 is 1.07 bits per heavy atom. The molecule has 46 heavy (non-hydrogen) atoms. The van der Waals surface area contributed by atoms with Crippen molar-refractivity contribution >= 4 is 35.0 Å². The molecule has 2 aromatic rings. The molecule has 1 aromatic heterocycles. The molecular weight excluding hydrogens is 582 g/mol.